The molecule has 2 saturated carbocycles. The topological polar surface area (TPSA) is 29.3 Å². The molecule has 106 valence electrons. The molecule has 0 aromatic heterocycles. The first-order valence-corrected chi connectivity index (χ1v) is 8.18. The van der Waals surface area contributed by atoms with Crippen molar-refractivity contribution in [2.45, 2.75) is 76.2 Å². The van der Waals surface area contributed by atoms with Gasteiger partial charge in [0.1, 0.15) is 0 Å². The van der Waals surface area contributed by atoms with E-state index >= 15 is 0 Å². The van der Waals surface area contributed by atoms with Crippen LogP contribution in [0.3, 0.4) is 0 Å². The van der Waals surface area contributed by atoms with Crippen LogP contribution in [0.1, 0.15) is 70.6 Å². The van der Waals surface area contributed by atoms with Gasteiger partial charge >= 0.3 is 0 Å². The van der Waals surface area contributed by atoms with Gasteiger partial charge in [-0.1, -0.05) is 44.9 Å². The van der Waals surface area contributed by atoms with E-state index in [4.69, 9.17) is 5.73 Å². The molecular weight excluding hydrogens is 220 g/mol. The van der Waals surface area contributed by atoms with E-state index in [2.05, 4.69) is 11.9 Å². The molecular formula is C16H32N2. The number of hydrogen-bond donors (Lipinski definition) is 1. The van der Waals surface area contributed by atoms with Gasteiger partial charge in [0, 0.05) is 18.6 Å². The Hall–Kier alpha value is -0.0800. The van der Waals surface area contributed by atoms with Crippen molar-refractivity contribution < 1.29 is 0 Å². The molecule has 0 aromatic rings. The van der Waals surface area contributed by atoms with E-state index < -0.39 is 0 Å². The molecule has 2 fully saturated rings. The highest BCUT2D eigenvalue weighted by molar-refractivity contribution is 4.92. The van der Waals surface area contributed by atoms with Gasteiger partial charge in [-0.15, -0.1) is 0 Å². The standard InChI is InChI=1S/C16H32N2/c1-18(13-15-9-5-4-6-10-15)16(14-17)11-7-2-3-8-12-16/h15H,2-14,17H2,1H3. The summed E-state index contributed by atoms with van der Waals surface area (Å²) < 4.78 is 0. The van der Waals surface area contributed by atoms with Gasteiger partial charge in [-0.05, 0) is 38.6 Å². The van der Waals surface area contributed by atoms with Crippen LogP contribution in [0.4, 0.5) is 0 Å². The van der Waals surface area contributed by atoms with Gasteiger partial charge in [0.15, 0.2) is 0 Å². The van der Waals surface area contributed by atoms with Crippen molar-refractivity contribution in [1.82, 2.24) is 4.90 Å². The fraction of sp³-hybridized carbons (Fsp3) is 1.00. The summed E-state index contributed by atoms with van der Waals surface area (Å²) in [6, 6.07) is 0. The molecule has 2 nitrogen and oxygen atoms in total. The predicted octanol–water partition coefficient (Wildman–Crippen LogP) is 3.55. The number of likely N-dealkylation sites (N-methyl/N-ethyl adjacent to an activating group) is 1. The van der Waals surface area contributed by atoms with Crippen molar-refractivity contribution in [1.29, 1.82) is 0 Å². The molecule has 0 spiro atoms. The van der Waals surface area contributed by atoms with Gasteiger partial charge in [-0.2, -0.15) is 0 Å². The third-order valence-electron chi connectivity index (χ3n) is 5.48. The van der Waals surface area contributed by atoms with Gasteiger partial charge in [-0.3, -0.25) is 4.90 Å². The van der Waals surface area contributed by atoms with E-state index in [1.807, 2.05) is 0 Å². The molecule has 2 aliphatic carbocycles. The van der Waals surface area contributed by atoms with Crippen LogP contribution in [0, 0.1) is 5.92 Å². The maximum Gasteiger partial charge on any atom is 0.0328 e. The van der Waals surface area contributed by atoms with Gasteiger partial charge in [-0.25, -0.2) is 0 Å². The quantitative estimate of drug-likeness (QED) is 0.775. The van der Waals surface area contributed by atoms with Crippen LogP contribution < -0.4 is 5.73 Å². The number of rotatable bonds is 4. The van der Waals surface area contributed by atoms with Gasteiger partial charge in [0.25, 0.3) is 0 Å². The molecule has 2 N–H and O–H groups in total. The SMILES string of the molecule is CN(CC1CCCCC1)C1(CN)CCCCCC1. The van der Waals surface area contributed by atoms with E-state index in [-0.39, 0.29) is 0 Å². The zero-order valence-corrected chi connectivity index (χ0v) is 12.3. The molecule has 0 bridgehead atoms. The lowest BCUT2D eigenvalue weighted by Crippen LogP contribution is -2.53. The molecule has 0 amide bonds. The van der Waals surface area contributed by atoms with Crippen molar-refractivity contribution in [2.24, 2.45) is 11.7 Å². The fourth-order valence-corrected chi connectivity index (χ4v) is 4.08. The van der Waals surface area contributed by atoms with Crippen LogP contribution in [-0.2, 0) is 0 Å². The average Bonchev–Trinajstić information content (AvgIpc) is 2.66. The largest absolute Gasteiger partial charge is 0.329 e. The molecule has 0 atom stereocenters. The normalized spacial score (nSPS) is 26.2. The van der Waals surface area contributed by atoms with Crippen molar-refractivity contribution >= 4 is 0 Å². The maximum atomic E-state index is 6.17. The van der Waals surface area contributed by atoms with Crippen molar-refractivity contribution in [3.05, 3.63) is 0 Å². The first-order valence-electron chi connectivity index (χ1n) is 8.18. The second kappa shape index (κ2) is 6.91. The Morgan fingerprint density at radius 3 is 2.06 bits per heavy atom. The summed E-state index contributed by atoms with van der Waals surface area (Å²) >= 11 is 0. The molecule has 2 aliphatic rings. The van der Waals surface area contributed by atoms with E-state index in [1.165, 1.54) is 77.2 Å². The number of hydrogen-bond acceptors (Lipinski definition) is 2. The second-order valence-electron chi connectivity index (χ2n) is 6.73. The molecule has 0 heterocycles. The molecule has 2 rings (SSSR count). The Morgan fingerprint density at radius 1 is 0.944 bits per heavy atom. The molecule has 18 heavy (non-hydrogen) atoms. The third kappa shape index (κ3) is 3.48. The Morgan fingerprint density at radius 2 is 1.50 bits per heavy atom. The summed E-state index contributed by atoms with van der Waals surface area (Å²) in [5.41, 5.74) is 6.50. The van der Waals surface area contributed by atoms with E-state index in [0.29, 0.717) is 5.54 Å². The van der Waals surface area contributed by atoms with Gasteiger partial charge in [0.05, 0.1) is 0 Å². The molecule has 0 aliphatic heterocycles. The Labute approximate surface area is 113 Å². The molecule has 0 radical (unpaired) electrons. The lowest BCUT2D eigenvalue weighted by molar-refractivity contribution is 0.0809. The summed E-state index contributed by atoms with van der Waals surface area (Å²) in [6.07, 6.45) is 15.5. The first-order chi connectivity index (χ1) is 8.77. The Kier molecular flexibility index (Phi) is 5.50. The lowest BCUT2D eigenvalue weighted by Gasteiger charge is -2.43. The Bertz CT molecular complexity index is 225. The lowest BCUT2D eigenvalue weighted by atomic mass is 9.84. The van der Waals surface area contributed by atoms with Crippen LogP contribution >= 0.6 is 0 Å². The minimum absolute atomic E-state index is 0.327. The zero-order valence-electron chi connectivity index (χ0n) is 12.3. The summed E-state index contributed by atoms with van der Waals surface area (Å²) in [6.45, 7) is 2.15. The predicted molar refractivity (Wildman–Crippen MR) is 78.7 cm³/mol. The third-order valence-corrected chi connectivity index (χ3v) is 5.48. The highest BCUT2D eigenvalue weighted by atomic mass is 15.2. The van der Waals surface area contributed by atoms with E-state index in [1.54, 1.807) is 0 Å². The van der Waals surface area contributed by atoms with E-state index in [9.17, 15) is 0 Å². The van der Waals surface area contributed by atoms with Crippen LogP contribution in [-0.4, -0.2) is 30.6 Å². The van der Waals surface area contributed by atoms with Crippen LogP contribution in [0.5, 0.6) is 0 Å². The summed E-state index contributed by atoms with van der Waals surface area (Å²) in [4.78, 5) is 2.65. The van der Waals surface area contributed by atoms with Crippen LogP contribution in [0.2, 0.25) is 0 Å². The second-order valence-corrected chi connectivity index (χ2v) is 6.73. The average molecular weight is 252 g/mol. The Balaban J connectivity index is 1.92. The maximum absolute atomic E-state index is 6.17. The summed E-state index contributed by atoms with van der Waals surface area (Å²) in [5, 5.41) is 0. The number of nitrogens with zero attached hydrogens (tertiary/aromatic N) is 1. The summed E-state index contributed by atoms with van der Waals surface area (Å²) in [7, 11) is 2.34. The molecule has 2 heteroatoms. The number of nitrogens with two attached hydrogens (primary N) is 1. The van der Waals surface area contributed by atoms with Crippen molar-refractivity contribution in [2.75, 3.05) is 20.1 Å². The summed E-state index contributed by atoms with van der Waals surface area (Å²) in [5.74, 6) is 0.940. The smallest absolute Gasteiger partial charge is 0.0328 e. The van der Waals surface area contributed by atoms with Crippen LogP contribution in [0.25, 0.3) is 0 Å². The monoisotopic (exact) mass is 252 g/mol. The molecule has 0 aromatic carbocycles. The minimum Gasteiger partial charge on any atom is -0.329 e. The van der Waals surface area contributed by atoms with Gasteiger partial charge in [0.2, 0.25) is 0 Å². The van der Waals surface area contributed by atoms with Crippen LogP contribution in [0.15, 0.2) is 0 Å². The van der Waals surface area contributed by atoms with E-state index in [0.717, 1.165) is 12.5 Å². The fourth-order valence-electron chi connectivity index (χ4n) is 4.08. The minimum atomic E-state index is 0.327. The molecule has 0 unspecified atom stereocenters. The van der Waals surface area contributed by atoms with Gasteiger partial charge < -0.3 is 5.73 Å². The van der Waals surface area contributed by atoms with Crippen molar-refractivity contribution in [3.8, 4) is 0 Å². The van der Waals surface area contributed by atoms with Crippen molar-refractivity contribution in [3.63, 3.8) is 0 Å². The highest BCUT2D eigenvalue weighted by Crippen LogP contribution is 2.33. The zero-order chi connectivity index (χ0) is 12.8. The highest BCUT2D eigenvalue weighted by Gasteiger charge is 2.34. The first kappa shape index (κ1) is 14.3. The molecule has 0 saturated heterocycles.